The summed E-state index contributed by atoms with van der Waals surface area (Å²) in [4.78, 5) is 23.6. The molecule has 2 rings (SSSR count). The highest BCUT2D eigenvalue weighted by Gasteiger charge is 2.12. The van der Waals surface area contributed by atoms with Crippen LogP contribution in [-0.2, 0) is 20.7 Å². The lowest BCUT2D eigenvalue weighted by Crippen LogP contribution is -2.31. The Bertz CT molecular complexity index is 650. The van der Waals surface area contributed by atoms with Crippen LogP contribution in [0.5, 0.6) is 0 Å². The zero-order chi connectivity index (χ0) is 16.7. The van der Waals surface area contributed by atoms with Crippen molar-refractivity contribution < 1.29 is 14.3 Å². The molecule has 120 valence electrons. The third kappa shape index (κ3) is 5.58. The van der Waals surface area contributed by atoms with Gasteiger partial charge in [-0.25, -0.2) is 0 Å². The van der Waals surface area contributed by atoms with E-state index < -0.39 is 5.97 Å². The molecule has 0 aliphatic rings. The van der Waals surface area contributed by atoms with Gasteiger partial charge >= 0.3 is 5.97 Å². The van der Waals surface area contributed by atoms with Crippen LogP contribution in [0.3, 0.4) is 0 Å². The number of hydrogen-bond donors (Lipinski definition) is 1. The van der Waals surface area contributed by atoms with Crippen molar-refractivity contribution in [3.05, 3.63) is 71.3 Å². The van der Waals surface area contributed by atoms with Gasteiger partial charge in [-0.1, -0.05) is 60.2 Å². The van der Waals surface area contributed by atoms with E-state index in [1.807, 2.05) is 68.4 Å². The van der Waals surface area contributed by atoms with Crippen LogP contribution in [0.1, 0.15) is 29.7 Å². The fraction of sp³-hybridized carbons (Fsp3) is 0.263. The number of nitrogens with one attached hydrogen (secondary N) is 1. The van der Waals surface area contributed by atoms with Gasteiger partial charge in [-0.15, -0.1) is 0 Å². The maximum Gasteiger partial charge on any atom is 0.310 e. The number of carbonyl (C=O) groups excluding carboxylic acids is 2. The van der Waals surface area contributed by atoms with E-state index in [1.165, 1.54) is 0 Å². The molecular formula is C19H21NO3. The Morgan fingerprint density at radius 3 is 2.35 bits per heavy atom. The minimum Gasteiger partial charge on any atom is -0.455 e. The molecule has 0 radical (unpaired) electrons. The molecule has 23 heavy (non-hydrogen) atoms. The molecule has 0 aliphatic heterocycles. The molecule has 4 heteroatoms. The fourth-order valence-electron chi connectivity index (χ4n) is 2.18. The predicted octanol–water partition coefficient (Wildman–Crippen LogP) is 2.96. The first kappa shape index (κ1) is 16.7. The summed E-state index contributed by atoms with van der Waals surface area (Å²) < 4.78 is 5.02. The minimum absolute atomic E-state index is 0.125. The van der Waals surface area contributed by atoms with Crippen molar-refractivity contribution in [3.63, 3.8) is 0 Å². The number of aryl methyl sites for hydroxylation is 1. The van der Waals surface area contributed by atoms with Crippen LogP contribution < -0.4 is 5.32 Å². The van der Waals surface area contributed by atoms with Crippen LogP contribution in [0.15, 0.2) is 54.6 Å². The van der Waals surface area contributed by atoms with Crippen LogP contribution in [0.4, 0.5) is 0 Å². The van der Waals surface area contributed by atoms with Crippen molar-refractivity contribution in [1.82, 2.24) is 5.32 Å². The monoisotopic (exact) mass is 311 g/mol. The van der Waals surface area contributed by atoms with Gasteiger partial charge in [-0.05, 0) is 25.0 Å². The Kier molecular flexibility index (Phi) is 5.92. The first-order valence-corrected chi connectivity index (χ1v) is 7.60. The molecular weight excluding hydrogens is 290 g/mol. The number of hydrogen-bond acceptors (Lipinski definition) is 3. The molecule has 0 bridgehead atoms. The largest absolute Gasteiger partial charge is 0.455 e. The van der Waals surface area contributed by atoms with E-state index in [-0.39, 0.29) is 25.0 Å². The average molecular weight is 311 g/mol. The maximum absolute atomic E-state index is 11.8. The van der Waals surface area contributed by atoms with E-state index in [4.69, 9.17) is 4.74 Å². The van der Waals surface area contributed by atoms with Gasteiger partial charge in [0.15, 0.2) is 6.61 Å². The summed E-state index contributed by atoms with van der Waals surface area (Å²) in [5, 5.41) is 2.81. The Morgan fingerprint density at radius 2 is 1.70 bits per heavy atom. The third-order valence-corrected chi connectivity index (χ3v) is 3.51. The normalized spacial score (nSPS) is 11.6. The van der Waals surface area contributed by atoms with E-state index in [0.717, 1.165) is 16.7 Å². The van der Waals surface area contributed by atoms with Crippen LogP contribution in [0, 0.1) is 6.92 Å². The summed E-state index contributed by atoms with van der Waals surface area (Å²) in [6, 6.07) is 17.2. The van der Waals surface area contributed by atoms with Gasteiger partial charge in [-0.3, -0.25) is 9.59 Å². The lowest BCUT2D eigenvalue weighted by atomic mass is 10.1. The summed E-state index contributed by atoms with van der Waals surface area (Å²) in [7, 11) is 0. The van der Waals surface area contributed by atoms with Crippen molar-refractivity contribution in [2.45, 2.75) is 26.3 Å². The van der Waals surface area contributed by atoms with E-state index in [0.29, 0.717) is 0 Å². The van der Waals surface area contributed by atoms with Crippen LogP contribution in [0.25, 0.3) is 0 Å². The van der Waals surface area contributed by atoms with Gasteiger partial charge in [0.2, 0.25) is 0 Å². The third-order valence-electron chi connectivity index (χ3n) is 3.51. The summed E-state index contributed by atoms with van der Waals surface area (Å²) in [6.07, 6.45) is 0.168. The molecule has 0 saturated carbocycles. The average Bonchev–Trinajstić information content (AvgIpc) is 2.56. The topological polar surface area (TPSA) is 55.4 Å². The zero-order valence-electron chi connectivity index (χ0n) is 13.4. The molecule has 0 spiro atoms. The lowest BCUT2D eigenvalue weighted by Gasteiger charge is -2.14. The van der Waals surface area contributed by atoms with Crippen molar-refractivity contribution in [1.29, 1.82) is 0 Å². The molecule has 0 aliphatic carbocycles. The van der Waals surface area contributed by atoms with E-state index in [1.54, 1.807) is 0 Å². The van der Waals surface area contributed by atoms with Gasteiger partial charge in [0.25, 0.3) is 5.91 Å². The van der Waals surface area contributed by atoms with Gasteiger partial charge in [-0.2, -0.15) is 0 Å². The van der Waals surface area contributed by atoms with Gasteiger partial charge in [0.1, 0.15) is 0 Å². The van der Waals surface area contributed by atoms with Gasteiger partial charge in [0, 0.05) is 0 Å². The molecule has 2 aromatic rings. The summed E-state index contributed by atoms with van der Waals surface area (Å²) in [6.45, 7) is 3.61. The zero-order valence-corrected chi connectivity index (χ0v) is 13.4. The summed E-state index contributed by atoms with van der Waals surface area (Å²) in [5.74, 6) is -0.713. The fourth-order valence-corrected chi connectivity index (χ4v) is 2.18. The highest BCUT2D eigenvalue weighted by molar-refractivity contribution is 5.81. The van der Waals surface area contributed by atoms with Crippen molar-refractivity contribution in [2.24, 2.45) is 0 Å². The van der Waals surface area contributed by atoms with Crippen molar-refractivity contribution in [2.75, 3.05) is 6.61 Å². The number of ether oxygens (including phenoxy) is 1. The molecule has 0 fully saturated rings. The van der Waals surface area contributed by atoms with Crippen molar-refractivity contribution >= 4 is 11.9 Å². The predicted molar refractivity (Wildman–Crippen MR) is 88.8 cm³/mol. The number of esters is 1. The maximum atomic E-state index is 11.8. The molecule has 4 nitrogen and oxygen atoms in total. The quantitative estimate of drug-likeness (QED) is 0.835. The second-order valence-electron chi connectivity index (χ2n) is 5.52. The molecule has 1 N–H and O–H groups in total. The van der Waals surface area contributed by atoms with E-state index >= 15 is 0 Å². The highest BCUT2D eigenvalue weighted by atomic mass is 16.5. The SMILES string of the molecule is Cc1ccc(CC(=O)OCC(=O)N[C@H](C)c2ccccc2)cc1. The lowest BCUT2D eigenvalue weighted by molar-refractivity contribution is -0.148. The molecule has 0 unspecified atom stereocenters. The smallest absolute Gasteiger partial charge is 0.310 e. The first-order chi connectivity index (χ1) is 11.0. The second kappa shape index (κ2) is 8.13. The Labute approximate surface area is 136 Å². The highest BCUT2D eigenvalue weighted by Crippen LogP contribution is 2.10. The summed E-state index contributed by atoms with van der Waals surface area (Å²) in [5.41, 5.74) is 3.02. The standard InChI is InChI=1S/C19H21NO3/c1-14-8-10-16(11-9-14)12-19(22)23-13-18(21)20-15(2)17-6-4-3-5-7-17/h3-11,15H,12-13H2,1-2H3,(H,20,21)/t15-/m1/s1. The molecule has 1 atom stereocenters. The Morgan fingerprint density at radius 1 is 1.04 bits per heavy atom. The first-order valence-electron chi connectivity index (χ1n) is 7.60. The molecule has 0 saturated heterocycles. The van der Waals surface area contributed by atoms with E-state index in [2.05, 4.69) is 5.32 Å². The number of carbonyl (C=O) groups is 2. The molecule has 2 aromatic carbocycles. The second-order valence-corrected chi connectivity index (χ2v) is 5.52. The Balaban J connectivity index is 1.75. The van der Waals surface area contributed by atoms with Crippen LogP contribution >= 0.6 is 0 Å². The summed E-state index contributed by atoms with van der Waals surface area (Å²) >= 11 is 0. The molecule has 0 aromatic heterocycles. The Hall–Kier alpha value is -2.62. The minimum atomic E-state index is -0.406. The van der Waals surface area contributed by atoms with Gasteiger partial charge in [0.05, 0.1) is 12.5 Å². The van der Waals surface area contributed by atoms with E-state index in [9.17, 15) is 9.59 Å². The van der Waals surface area contributed by atoms with Crippen LogP contribution in [0.2, 0.25) is 0 Å². The van der Waals surface area contributed by atoms with Gasteiger partial charge < -0.3 is 10.1 Å². The number of amides is 1. The number of rotatable bonds is 6. The molecule has 1 amide bonds. The van der Waals surface area contributed by atoms with Crippen LogP contribution in [-0.4, -0.2) is 18.5 Å². The molecule has 0 heterocycles. The van der Waals surface area contributed by atoms with Crippen molar-refractivity contribution in [3.8, 4) is 0 Å². The number of benzene rings is 2.